The number of benzene rings is 1. The number of carboxylic acid groups (broad SMARTS) is 1. The first-order valence-corrected chi connectivity index (χ1v) is 6.83. The Labute approximate surface area is 135 Å². The summed E-state index contributed by atoms with van der Waals surface area (Å²) in [5.74, 6) is -1.60. The molecule has 9 nitrogen and oxygen atoms in total. The second kappa shape index (κ2) is 6.97. The van der Waals surface area contributed by atoms with Crippen molar-refractivity contribution in [2.24, 2.45) is 5.73 Å². The Morgan fingerprint density at radius 3 is 2.70 bits per heavy atom. The maximum absolute atomic E-state index is 11.3. The van der Waals surface area contributed by atoms with Crippen LogP contribution < -0.4 is 15.2 Å². The van der Waals surface area contributed by atoms with Crippen molar-refractivity contribution < 1.29 is 24.2 Å². The monoisotopic (exact) mass is 340 g/mol. The molecule has 23 heavy (non-hydrogen) atoms. The lowest BCUT2D eigenvalue weighted by atomic mass is 10.1. The minimum Gasteiger partial charge on any atom is -0.490 e. The third-order valence-corrected chi connectivity index (χ3v) is 2.98. The topological polar surface area (TPSA) is 140 Å². The largest absolute Gasteiger partial charge is 0.490 e. The number of primary amides is 1. The van der Waals surface area contributed by atoms with Crippen LogP contribution in [0.15, 0.2) is 12.1 Å². The summed E-state index contributed by atoms with van der Waals surface area (Å²) >= 11 is 6.13. The summed E-state index contributed by atoms with van der Waals surface area (Å²) in [4.78, 5) is 22.0. The number of rotatable bonds is 7. The molecule has 122 valence electrons. The number of nitrogens with one attached hydrogen (secondary N) is 1. The van der Waals surface area contributed by atoms with E-state index in [9.17, 15) is 9.59 Å². The summed E-state index contributed by atoms with van der Waals surface area (Å²) < 4.78 is 10.6. The number of nitrogens with two attached hydrogens (primary N) is 1. The minimum atomic E-state index is -1.15. The maximum atomic E-state index is 11.3. The first kappa shape index (κ1) is 16.6. The molecule has 0 unspecified atom stereocenters. The average Bonchev–Trinajstić information content (AvgIpc) is 2.95. The second-order valence-electron chi connectivity index (χ2n) is 4.29. The van der Waals surface area contributed by atoms with Crippen LogP contribution in [-0.4, -0.2) is 45.6 Å². The van der Waals surface area contributed by atoms with E-state index in [4.69, 9.17) is 31.9 Å². The van der Waals surface area contributed by atoms with Gasteiger partial charge in [-0.2, -0.15) is 15.4 Å². The molecule has 0 radical (unpaired) electrons. The molecule has 2 rings (SSSR count). The van der Waals surface area contributed by atoms with E-state index in [-0.39, 0.29) is 27.9 Å². The molecule has 1 aromatic heterocycles. The van der Waals surface area contributed by atoms with Gasteiger partial charge >= 0.3 is 5.97 Å². The highest BCUT2D eigenvalue weighted by Crippen LogP contribution is 2.39. The Hall–Kier alpha value is -2.81. The van der Waals surface area contributed by atoms with Crippen molar-refractivity contribution in [1.29, 1.82) is 0 Å². The number of ether oxygens (including phenoxy) is 2. The Balaban J connectivity index is 2.49. The molecular formula is C13H13ClN4O5. The number of nitrogens with zero attached hydrogens (tertiary/aromatic N) is 2. The predicted octanol–water partition coefficient (Wildman–Crippen LogP) is 1.09. The van der Waals surface area contributed by atoms with Crippen molar-refractivity contribution in [2.75, 3.05) is 13.2 Å². The number of hydrogen-bond donors (Lipinski definition) is 3. The molecule has 0 aliphatic heterocycles. The summed E-state index contributed by atoms with van der Waals surface area (Å²) in [7, 11) is 0. The average molecular weight is 341 g/mol. The van der Waals surface area contributed by atoms with Crippen LogP contribution in [0.5, 0.6) is 11.5 Å². The van der Waals surface area contributed by atoms with Crippen molar-refractivity contribution in [2.45, 2.75) is 6.92 Å². The van der Waals surface area contributed by atoms with Crippen LogP contribution in [0.25, 0.3) is 11.3 Å². The molecule has 0 atom stereocenters. The molecule has 0 spiro atoms. The van der Waals surface area contributed by atoms with Crippen molar-refractivity contribution in [1.82, 2.24) is 15.4 Å². The highest BCUT2D eigenvalue weighted by molar-refractivity contribution is 6.32. The highest BCUT2D eigenvalue weighted by atomic mass is 35.5. The number of carbonyl (C=O) groups is 2. The number of hydrogen-bond acceptors (Lipinski definition) is 6. The third kappa shape index (κ3) is 3.69. The van der Waals surface area contributed by atoms with E-state index in [1.807, 2.05) is 0 Å². The summed E-state index contributed by atoms with van der Waals surface area (Å²) in [6, 6.07) is 2.96. The number of aromatic nitrogens is 3. The van der Waals surface area contributed by atoms with Gasteiger partial charge in [-0.15, -0.1) is 0 Å². The Morgan fingerprint density at radius 1 is 1.35 bits per heavy atom. The molecule has 1 aromatic carbocycles. The van der Waals surface area contributed by atoms with E-state index in [1.165, 1.54) is 12.1 Å². The first-order chi connectivity index (χ1) is 10.9. The second-order valence-corrected chi connectivity index (χ2v) is 4.69. The predicted molar refractivity (Wildman–Crippen MR) is 79.6 cm³/mol. The van der Waals surface area contributed by atoms with E-state index in [0.717, 1.165) is 0 Å². The number of carbonyl (C=O) groups excluding carboxylic acids is 1. The molecule has 0 bridgehead atoms. The SMILES string of the molecule is CCOc1cc(-c2n[nH]nc2C(N)=O)cc(Cl)c1OCC(=O)O. The fourth-order valence-corrected chi connectivity index (χ4v) is 2.11. The zero-order valence-electron chi connectivity index (χ0n) is 12.0. The first-order valence-electron chi connectivity index (χ1n) is 6.45. The van der Waals surface area contributed by atoms with Gasteiger partial charge in [-0.1, -0.05) is 11.6 Å². The normalized spacial score (nSPS) is 10.3. The van der Waals surface area contributed by atoms with Crippen LogP contribution in [0, 0.1) is 0 Å². The molecule has 10 heteroatoms. The molecule has 1 amide bonds. The molecular weight excluding hydrogens is 328 g/mol. The zero-order valence-corrected chi connectivity index (χ0v) is 12.8. The van der Waals surface area contributed by atoms with Crippen LogP contribution in [-0.2, 0) is 4.79 Å². The molecule has 0 aliphatic carbocycles. The number of amides is 1. The van der Waals surface area contributed by atoms with Gasteiger partial charge in [0.15, 0.2) is 23.8 Å². The molecule has 0 saturated carbocycles. The van der Waals surface area contributed by atoms with Gasteiger partial charge in [-0.05, 0) is 19.1 Å². The highest BCUT2D eigenvalue weighted by Gasteiger charge is 2.20. The Kier molecular flexibility index (Phi) is 5.02. The smallest absolute Gasteiger partial charge is 0.341 e. The van der Waals surface area contributed by atoms with Crippen LogP contribution in [0.2, 0.25) is 5.02 Å². The Bertz CT molecular complexity index is 746. The van der Waals surface area contributed by atoms with Gasteiger partial charge in [0.05, 0.1) is 11.6 Å². The maximum Gasteiger partial charge on any atom is 0.341 e. The van der Waals surface area contributed by atoms with E-state index in [2.05, 4.69) is 15.4 Å². The molecule has 0 fully saturated rings. The van der Waals surface area contributed by atoms with Crippen LogP contribution >= 0.6 is 11.6 Å². The van der Waals surface area contributed by atoms with Gasteiger partial charge in [0, 0.05) is 5.56 Å². The van der Waals surface area contributed by atoms with Crippen molar-refractivity contribution in [3.63, 3.8) is 0 Å². The lowest BCUT2D eigenvalue weighted by Gasteiger charge is -2.13. The summed E-state index contributed by atoms with van der Waals surface area (Å²) in [5, 5.41) is 18.7. The Morgan fingerprint density at radius 2 is 2.09 bits per heavy atom. The summed E-state index contributed by atoms with van der Waals surface area (Å²) in [5.41, 5.74) is 5.79. The fourth-order valence-electron chi connectivity index (χ4n) is 1.85. The summed E-state index contributed by atoms with van der Waals surface area (Å²) in [6.45, 7) is 1.47. The molecule has 0 saturated heterocycles. The van der Waals surface area contributed by atoms with Crippen molar-refractivity contribution >= 4 is 23.5 Å². The standard InChI is InChI=1S/C13H13ClN4O5/c1-2-22-8-4-6(10-11(13(15)21)17-18-16-10)3-7(14)12(8)23-5-9(19)20/h3-4H,2,5H2,1H3,(H2,15,21)(H,19,20)(H,16,17,18). The van der Waals surface area contributed by atoms with Gasteiger partial charge < -0.3 is 20.3 Å². The van der Waals surface area contributed by atoms with Gasteiger partial charge in [0.1, 0.15) is 5.69 Å². The van der Waals surface area contributed by atoms with Gasteiger partial charge in [0.25, 0.3) is 5.91 Å². The minimum absolute atomic E-state index is 0.0530. The molecule has 2 aromatic rings. The van der Waals surface area contributed by atoms with Crippen molar-refractivity contribution in [3.8, 4) is 22.8 Å². The van der Waals surface area contributed by atoms with E-state index in [1.54, 1.807) is 6.92 Å². The number of aliphatic carboxylic acids is 1. The number of H-pyrrole nitrogens is 1. The van der Waals surface area contributed by atoms with E-state index in [0.29, 0.717) is 12.2 Å². The third-order valence-electron chi connectivity index (χ3n) is 2.70. The molecule has 0 aliphatic rings. The summed E-state index contributed by atoms with van der Waals surface area (Å²) in [6.07, 6.45) is 0. The number of halogens is 1. The van der Waals surface area contributed by atoms with Crippen molar-refractivity contribution in [3.05, 3.63) is 22.8 Å². The lowest BCUT2D eigenvalue weighted by Crippen LogP contribution is -2.13. The lowest BCUT2D eigenvalue weighted by molar-refractivity contribution is -0.139. The van der Waals surface area contributed by atoms with Crippen LogP contribution in [0.1, 0.15) is 17.4 Å². The zero-order chi connectivity index (χ0) is 17.0. The van der Waals surface area contributed by atoms with E-state index < -0.39 is 18.5 Å². The fraction of sp³-hybridized carbons (Fsp3) is 0.231. The number of carboxylic acids is 1. The molecule has 4 N–H and O–H groups in total. The van der Waals surface area contributed by atoms with Gasteiger partial charge in [-0.25, -0.2) is 4.79 Å². The van der Waals surface area contributed by atoms with Gasteiger partial charge in [-0.3, -0.25) is 4.79 Å². The molecule has 1 heterocycles. The number of aromatic amines is 1. The van der Waals surface area contributed by atoms with Crippen LogP contribution in [0.4, 0.5) is 0 Å². The quantitative estimate of drug-likeness (QED) is 0.685. The van der Waals surface area contributed by atoms with Gasteiger partial charge in [0.2, 0.25) is 0 Å². The van der Waals surface area contributed by atoms with Crippen LogP contribution in [0.3, 0.4) is 0 Å². The van der Waals surface area contributed by atoms with E-state index >= 15 is 0 Å².